The molecule has 18 heavy (non-hydrogen) atoms. The van der Waals surface area contributed by atoms with Gasteiger partial charge in [-0.1, -0.05) is 12.1 Å². The van der Waals surface area contributed by atoms with Crippen molar-refractivity contribution in [3.8, 4) is 5.75 Å². The molecule has 1 aromatic carbocycles. The molecule has 1 aromatic rings. The lowest BCUT2D eigenvalue weighted by Gasteiger charge is -2.19. The first-order chi connectivity index (χ1) is 8.37. The maximum atomic E-state index is 12.2. The van der Waals surface area contributed by atoms with E-state index < -0.39 is 12.6 Å². The van der Waals surface area contributed by atoms with Gasteiger partial charge in [0.15, 0.2) is 0 Å². The fourth-order valence-corrected chi connectivity index (χ4v) is 1.84. The number of halogens is 3. The van der Waals surface area contributed by atoms with Gasteiger partial charge in [-0.15, -0.1) is 0 Å². The van der Waals surface area contributed by atoms with E-state index in [2.05, 4.69) is 5.32 Å². The van der Waals surface area contributed by atoms with Gasteiger partial charge in [0.05, 0.1) is 7.11 Å². The third-order valence-electron chi connectivity index (χ3n) is 2.90. The minimum absolute atomic E-state index is 0.0201. The van der Waals surface area contributed by atoms with Gasteiger partial charge in [0.2, 0.25) is 0 Å². The van der Waals surface area contributed by atoms with Gasteiger partial charge in [-0.3, -0.25) is 0 Å². The maximum Gasteiger partial charge on any atom is 0.389 e. The summed E-state index contributed by atoms with van der Waals surface area (Å²) in [5, 5.41) is 2.91. The van der Waals surface area contributed by atoms with Gasteiger partial charge in [0.25, 0.3) is 0 Å². The van der Waals surface area contributed by atoms with Gasteiger partial charge in [-0.25, -0.2) is 0 Å². The van der Waals surface area contributed by atoms with Crippen LogP contribution >= 0.6 is 0 Å². The Hall–Kier alpha value is -1.23. The first-order valence-corrected chi connectivity index (χ1v) is 5.76. The minimum atomic E-state index is -4.12. The highest BCUT2D eigenvalue weighted by Crippen LogP contribution is 2.29. The molecule has 1 unspecified atom stereocenters. The Bertz CT molecular complexity index is 390. The van der Waals surface area contributed by atoms with Gasteiger partial charge < -0.3 is 10.1 Å². The van der Waals surface area contributed by atoms with Crippen molar-refractivity contribution in [2.45, 2.75) is 32.0 Å². The van der Waals surface area contributed by atoms with E-state index in [0.29, 0.717) is 5.75 Å². The zero-order valence-electron chi connectivity index (χ0n) is 10.8. The molecule has 5 heteroatoms. The summed E-state index contributed by atoms with van der Waals surface area (Å²) in [7, 11) is 3.21. The van der Waals surface area contributed by atoms with E-state index in [1.807, 2.05) is 19.1 Å². The zero-order chi connectivity index (χ0) is 13.8. The Morgan fingerprint density at radius 1 is 1.33 bits per heavy atom. The van der Waals surface area contributed by atoms with E-state index in [4.69, 9.17) is 4.74 Å². The van der Waals surface area contributed by atoms with Crippen molar-refractivity contribution in [3.63, 3.8) is 0 Å². The van der Waals surface area contributed by atoms with E-state index >= 15 is 0 Å². The largest absolute Gasteiger partial charge is 0.496 e. The molecule has 1 rings (SSSR count). The Labute approximate surface area is 105 Å². The topological polar surface area (TPSA) is 21.3 Å². The molecule has 0 aliphatic rings. The van der Waals surface area contributed by atoms with Crippen molar-refractivity contribution in [3.05, 3.63) is 29.3 Å². The zero-order valence-corrected chi connectivity index (χ0v) is 10.8. The van der Waals surface area contributed by atoms with E-state index in [9.17, 15) is 13.2 Å². The highest BCUT2D eigenvalue weighted by molar-refractivity contribution is 5.37. The third kappa shape index (κ3) is 4.22. The molecule has 0 aromatic heterocycles. The predicted octanol–water partition coefficient (Wildman–Crippen LogP) is 3.61. The van der Waals surface area contributed by atoms with Gasteiger partial charge in [0, 0.05) is 12.5 Å². The van der Waals surface area contributed by atoms with E-state index in [-0.39, 0.29) is 12.5 Å². The highest BCUT2D eigenvalue weighted by Gasteiger charge is 2.28. The summed E-state index contributed by atoms with van der Waals surface area (Å²) in [4.78, 5) is 0. The quantitative estimate of drug-likeness (QED) is 0.874. The Kier molecular flexibility index (Phi) is 5.02. The number of methoxy groups -OCH3 is 1. The number of nitrogens with one attached hydrogen (secondary N) is 1. The normalized spacial score (nSPS) is 13.4. The number of alkyl halides is 3. The first-order valence-electron chi connectivity index (χ1n) is 5.76. The molecule has 0 spiro atoms. The maximum absolute atomic E-state index is 12.2. The molecule has 0 radical (unpaired) electrons. The number of hydrogen-bond acceptors (Lipinski definition) is 2. The molecule has 0 aliphatic carbocycles. The van der Waals surface area contributed by atoms with Gasteiger partial charge >= 0.3 is 6.18 Å². The predicted molar refractivity (Wildman–Crippen MR) is 64.8 cm³/mol. The molecular weight excluding hydrogens is 243 g/mol. The van der Waals surface area contributed by atoms with Crippen LogP contribution in [0.5, 0.6) is 5.75 Å². The third-order valence-corrected chi connectivity index (χ3v) is 2.90. The Morgan fingerprint density at radius 3 is 2.50 bits per heavy atom. The average molecular weight is 261 g/mol. The van der Waals surface area contributed by atoms with Gasteiger partial charge in [-0.2, -0.15) is 13.2 Å². The summed E-state index contributed by atoms with van der Waals surface area (Å²) in [5.74, 6) is 0.694. The van der Waals surface area contributed by atoms with Crippen LogP contribution in [-0.4, -0.2) is 20.3 Å². The van der Waals surface area contributed by atoms with Crippen LogP contribution in [0.15, 0.2) is 18.2 Å². The average Bonchev–Trinajstić information content (AvgIpc) is 2.30. The summed E-state index contributed by atoms with van der Waals surface area (Å²) in [5.41, 5.74) is 1.77. The van der Waals surface area contributed by atoms with Crippen LogP contribution in [0.4, 0.5) is 13.2 Å². The molecule has 0 saturated carbocycles. The van der Waals surface area contributed by atoms with Crippen molar-refractivity contribution in [2.75, 3.05) is 14.2 Å². The molecule has 0 aliphatic heterocycles. The van der Waals surface area contributed by atoms with Crippen molar-refractivity contribution in [2.24, 2.45) is 0 Å². The summed E-state index contributed by atoms with van der Waals surface area (Å²) < 4.78 is 41.9. The summed E-state index contributed by atoms with van der Waals surface area (Å²) in [6.07, 6.45) is -4.90. The number of hydrogen-bond donors (Lipinski definition) is 1. The van der Waals surface area contributed by atoms with Crippen molar-refractivity contribution in [1.29, 1.82) is 0 Å². The van der Waals surface area contributed by atoms with Gasteiger partial charge in [-0.05, 0) is 37.6 Å². The molecule has 1 atom stereocenters. The van der Waals surface area contributed by atoms with Crippen LogP contribution in [-0.2, 0) is 0 Å². The van der Waals surface area contributed by atoms with Gasteiger partial charge in [0.1, 0.15) is 5.75 Å². The second kappa shape index (κ2) is 6.09. The Morgan fingerprint density at radius 2 is 2.00 bits per heavy atom. The first kappa shape index (κ1) is 14.8. The molecule has 0 heterocycles. The molecular formula is C13H18F3NO. The fraction of sp³-hybridized carbons (Fsp3) is 0.538. The van der Waals surface area contributed by atoms with Crippen molar-refractivity contribution >= 4 is 0 Å². The second-order valence-electron chi connectivity index (χ2n) is 4.22. The SMILES string of the molecule is CNC(CCC(F)(F)F)c1ccc(C)c(OC)c1. The lowest BCUT2D eigenvalue weighted by molar-refractivity contribution is -0.136. The molecule has 0 fully saturated rings. The highest BCUT2D eigenvalue weighted by atomic mass is 19.4. The van der Waals surface area contributed by atoms with Crippen LogP contribution in [0.2, 0.25) is 0 Å². The standard InChI is InChI=1S/C13H18F3NO/c1-9-4-5-10(8-12(9)18-3)11(17-2)6-7-13(14,15)16/h4-5,8,11,17H,6-7H2,1-3H3. The Balaban J connectivity index is 2.82. The lowest BCUT2D eigenvalue weighted by Crippen LogP contribution is -2.19. The molecule has 102 valence electrons. The lowest BCUT2D eigenvalue weighted by atomic mass is 10.00. The smallest absolute Gasteiger partial charge is 0.389 e. The number of aryl methyl sites for hydroxylation is 1. The fourth-order valence-electron chi connectivity index (χ4n) is 1.84. The second-order valence-corrected chi connectivity index (χ2v) is 4.22. The summed E-state index contributed by atoms with van der Waals surface area (Å²) in [6, 6.07) is 5.15. The molecule has 0 amide bonds. The minimum Gasteiger partial charge on any atom is -0.496 e. The molecule has 2 nitrogen and oxygen atoms in total. The van der Waals surface area contributed by atoms with E-state index in [1.165, 1.54) is 0 Å². The van der Waals surface area contributed by atoms with Crippen LogP contribution in [0.25, 0.3) is 0 Å². The van der Waals surface area contributed by atoms with E-state index in [1.54, 1.807) is 20.2 Å². The number of ether oxygens (including phenoxy) is 1. The van der Waals surface area contributed by atoms with Crippen LogP contribution < -0.4 is 10.1 Å². The number of benzene rings is 1. The number of rotatable bonds is 5. The van der Waals surface area contributed by atoms with Crippen molar-refractivity contribution in [1.82, 2.24) is 5.32 Å². The van der Waals surface area contributed by atoms with Crippen LogP contribution in [0.1, 0.15) is 30.0 Å². The van der Waals surface area contributed by atoms with Crippen LogP contribution in [0.3, 0.4) is 0 Å². The van der Waals surface area contributed by atoms with Crippen molar-refractivity contribution < 1.29 is 17.9 Å². The van der Waals surface area contributed by atoms with Crippen LogP contribution in [0, 0.1) is 6.92 Å². The molecule has 1 N–H and O–H groups in total. The monoisotopic (exact) mass is 261 g/mol. The van der Waals surface area contributed by atoms with E-state index in [0.717, 1.165) is 11.1 Å². The molecule has 0 bridgehead atoms. The molecule has 0 saturated heterocycles. The summed E-state index contributed by atoms with van der Waals surface area (Å²) in [6.45, 7) is 1.90. The summed E-state index contributed by atoms with van der Waals surface area (Å²) >= 11 is 0.